The summed E-state index contributed by atoms with van der Waals surface area (Å²) >= 11 is 0. The van der Waals surface area contributed by atoms with Gasteiger partial charge in [-0.2, -0.15) is 15.5 Å². The molecule has 0 atom stereocenters. The van der Waals surface area contributed by atoms with E-state index in [1.54, 1.807) is 24.3 Å². The molecule has 0 amide bonds. The van der Waals surface area contributed by atoms with E-state index in [2.05, 4.69) is 17.2 Å². The van der Waals surface area contributed by atoms with Crippen molar-refractivity contribution in [1.82, 2.24) is 0 Å². The van der Waals surface area contributed by atoms with Crippen LogP contribution >= 0.6 is 0 Å². The highest BCUT2D eigenvalue weighted by atomic mass is 19.1. The predicted molar refractivity (Wildman–Crippen MR) is 94.2 cm³/mol. The molecule has 0 heterocycles. The first-order valence-electron chi connectivity index (χ1n) is 8.54. The summed E-state index contributed by atoms with van der Waals surface area (Å²) in [5, 5.41) is 16.6. The van der Waals surface area contributed by atoms with E-state index in [0.717, 1.165) is 32.1 Å². The van der Waals surface area contributed by atoms with Crippen molar-refractivity contribution in [2.45, 2.75) is 45.4 Å². The Hall–Kier alpha value is -2.61. The molecule has 0 aromatic heterocycles. The standard InChI is InChI=1S/C20H21F2N3/c1-2-3-4-5-6-7-18-19(21)12-17(13-20(18)22)25-24-16-10-8-15(14-23)9-11-16/h8-13H,2-7H2,1H3. The molecule has 0 radical (unpaired) electrons. The van der Waals surface area contributed by atoms with Gasteiger partial charge in [0, 0.05) is 17.7 Å². The molecule has 5 heteroatoms. The maximum Gasteiger partial charge on any atom is 0.131 e. The number of rotatable bonds is 8. The number of azo groups is 1. The second kappa shape index (κ2) is 9.63. The van der Waals surface area contributed by atoms with Gasteiger partial charge < -0.3 is 0 Å². The molecule has 0 saturated heterocycles. The summed E-state index contributed by atoms with van der Waals surface area (Å²) < 4.78 is 28.3. The smallest absolute Gasteiger partial charge is 0.131 e. The lowest BCUT2D eigenvalue weighted by molar-refractivity contribution is 0.541. The first-order chi connectivity index (χ1) is 12.1. The maximum absolute atomic E-state index is 14.1. The van der Waals surface area contributed by atoms with Crippen molar-refractivity contribution in [3.63, 3.8) is 0 Å². The van der Waals surface area contributed by atoms with Gasteiger partial charge in [-0.3, -0.25) is 0 Å². The van der Waals surface area contributed by atoms with E-state index in [4.69, 9.17) is 5.26 Å². The van der Waals surface area contributed by atoms with Crippen LogP contribution in [-0.2, 0) is 6.42 Å². The van der Waals surface area contributed by atoms with Gasteiger partial charge in [0.2, 0.25) is 0 Å². The van der Waals surface area contributed by atoms with Crippen molar-refractivity contribution >= 4 is 11.4 Å². The van der Waals surface area contributed by atoms with E-state index in [0.29, 0.717) is 17.7 Å². The highest BCUT2D eigenvalue weighted by molar-refractivity contribution is 5.44. The van der Waals surface area contributed by atoms with E-state index < -0.39 is 11.6 Å². The van der Waals surface area contributed by atoms with Gasteiger partial charge in [0.15, 0.2) is 0 Å². The van der Waals surface area contributed by atoms with E-state index in [-0.39, 0.29) is 11.3 Å². The zero-order valence-electron chi connectivity index (χ0n) is 14.3. The molecule has 0 aliphatic heterocycles. The van der Waals surface area contributed by atoms with E-state index in [1.165, 1.54) is 12.1 Å². The van der Waals surface area contributed by atoms with Crippen LogP contribution in [0.2, 0.25) is 0 Å². The summed E-state index contributed by atoms with van der Waals surface area (Å²) in [7, 11) is 0. The molecular formula is C20H21F2N3. The molecule has 2 rings (SSSR count). The lowest BCUT2D eigenvalue weighted by atomic mass is 10.0. The molecular weight excluding hydrogens is 320 g/mol. The quantitative estimate of drug-likeness (QED) is 0.386. The van der Waals surface area contributed by atoms with E-state index in [1.807, 2.05) is 6.07 Å². The van der Waals surface area contributed by atoms with Gasteiger partial charge in [-0.15, -0.1) is 0 Å². The van der Waals surface area contributed by atoms with Crippen LogP contribution in [0.25, 0.3) is 0 Å². The topological polar surface area (TPSA) is 48.5 Å². The third kappa shape index (κ3) is 5.75. The zero-order chi connectivity index (χ0) is 18.1. The molecule has 0 bridgehead atoms. The van der Waals surface area contributed by atoms with Crippen LogP contribution in [0, 0.1) is 23.0 Å². The lowest BCUT2D eigenvalue weighted by Crippen LogP contribution is -1.96. The third-order valence-corrected chi connectivity index (χ3v) is 3.93. The summed E-state index contributed by atoms with van der Waals surface area (Å²) in [5.74, 6) is -1.16. The molecule has 0 aliphatic carbocycles. The molecule has 0 aliphatic rings. The first-order valence-corrected chi connectivity index (χ1v) is 8.54. The summed E-state index contributed by atoms with van der Waals surface area (Å²) in [6, 6.07) is 10.9. The molecule has 130 valence electrons. The third-order valence-electron chi connectivity index (χ3n) is 3.93. The minimum absolute atomic E-state index is 0.119. The Labute approximate surface area is 147 Å². The molecule has 0 unspecified atom stereocenters. The lowest BCUT2D eigenvalue weighted by Gasteiger charge is -2.06. The predicted octanol–water partition coefficient (Wildman–Crippen LogP) is 6.76. The highest BCUT2D eigenvalue weighted by Gasteiger charge is 2.11. The van der Waals surface area contributed by atoms with Gasteiger partial charge in [-0.05, 0) is 37.1 Å². The number of hydrogen-bond acceptors (Lipinski definition) is 3. The Bertz CT molecular complexity index is 738. The Morgan fingerprint density at radius 2 is 1.48 bits per heavy atom. The highest BCUT2D eigenvalue weighted by Crippen LogP contribution is 2.25. The average Bonchev–Trinajstić information content (AvgIpc) is 2.62. The Kier molecular flexibility index (Phi) is 7.21. The number of halogens is 2. The minimum Gasteiger partial charge on any atom is -0.207 e. The van der Waals surface area contributed by atoms with Crippen molar-refractivity contribution in [2.75, 3.05) is 0 Å². The second-order valence-corrected chi connectivity index (χ2v) is 5.91. The van der Waals surface area contributed by atoms with Gasteiger partial charge >= 0.3 is 0 Å². The van der Waals surface area contributed by atoms with Crippen LogP contribution in [0.1, 0.15) is 50.2 Å². The SMILES string of the molecule is CCCCCCCc1c(F)cc(N=Nc2ccc(C#N)cc2)cc1F. The molecule has 0 N–H and O–H groups in total. The van der Waals surface area contributed by atoms with Gasteiger partial charge in [-0.1, -0.05) is 32.6 Å². The summed E-state index contributed by atoms with van der Waals surface area (Å²) in [6.45, 7) is 2.13. The normalized spacial score (nSPS) is 11.0. The number of hydrogen-bond donors (Lipinski definition) is 0. The van der Waals surface area contributed by atoms with Crippen molar-refractivity contribution in [2.24, 2.45) is 10.2 Å². The van der Waals surface area contributed by atoms with Crippen LogP contribution in [0.5, 0.6) is 0 Å². The van der Waals surface area contributed by atoms with Crippen molar-refractivity contribution in [1.29, 1.82) is 5.26 Å². The van der Waals surface area contributed by atoms with Gasteiger partial charge in [-0.25, -0.2) is 8.78 Å². The van der Waals surface area contributed by atoms with Crippen molar-refractivity contribution < 1.29 is 8.78 Å². The Morgan fingerprint density at radius 3 is 2.08 bits per heavy atom. The second-order valence-electron chi connectivity index (χ2n) is 5.91. The number of benzene rings is 2. The number of nitrogens with zero attached hydrogens (tertiary/aromatic N) is 3. The fourth-order valence-corrected chi connectivity index (χ4v) is 2.51. The molecule has 2 aromatic carbocycles. The number of nitriles is 1. The zero-order valence-corrected chi connectivity index (χ0v) is 14.3. The number of unbranched alkanes of at least 4 members (excludes halogenated alkanes) is 4. The van der Waals surface area contributed by atoms with Gasteiger partial charge in [0.1, 0.15) is 11.6 Å². The van der Waals surface area contributed by atoms with Crippen molar-refractivity contribution in [3.8, 4) is 6.07 Å². The van der Waals surface area contributed by atoms with Gasteiger partial charge in [0.05, 0.1) is 23.0 Å². The fourth-order valence-electron chi connectivity index (χ4n) is 2.51. The van der Waals surface area contributed by atoms with Crippen LogP contribution in [-0.4, -0.2) is 0 Å². The van der Waals surface area contributed by atoms with Crippen LogP contribution < -0.4 is 0 Å². The van der Waals surface area contributed by atoms with Gasteiger partial charge in [0.25, 0.3) is 0 Å². The summed E-state index contributed by atoms with van der Waals surface area (Å²) in [4.78, 5) is 0. The van der Waals surface area contributed by atoms with E-state index in [9.17, 15) is 8.78 Å². The average molecular weight is 341 g/mol. The first kappa shape index (κ1) is 18.7. The van der Waals surface area contributed by atoms with E-state index >= 15 is 0 Å². The monoisotopic (exact) mass is 341 g/mol. The molecule has 3 nitrogen and oxygen atoms in total. The summed E-state index contributed by atoms with van der Waals surface area (Å²) in [5.41, 5.74) is 1.28. The molecule has 25 heavy (non-hydrogen) atoms. The van der Waals surface area contributed by atoms with Crippen LogP contribution in [0.4, 0.5) is 20.2 Å². The molecule has 2 aromatic rings. The Balaban J connectivity index is 2.02. The van der Waals surface area contributed by atoms with Crippen LogP contribution in [0.15, 0.2) is 46.6 Å². The fraction of sp³-hybridized carbons (Fsp3) is 0.350. The van der Waals surface area contributed by atoms with Crippen molar-refractivity contribution in [3.05, 3.63) is 59.2 Å². The Morgan fingerprint density at radius 1 is 0.880 bits per heavy atom. The minimum atomic E-state index is -0.579. The summed E-state index contributed by atoms with van der Waals surface area (Å²) in [6.07, 6.45) is 5.54. The van der Waals surface area contributed by atoms with Crippen LogP contribution in [0.3, 0.4) is 0 Å². The maximum atomic E-state index is 14.1. The molecule has 0 spiro atoms. The molecule has 0 saturated carbocycles. The molecule has 0 fully saturated rings. The largest absolute Gasteiger partial charge is 0.207 e.